The van der Waals surface area contributed by atoms with Gasteiger partial charge < -0.3 is 4.90 Å². The molecule has 0 aliphatic carbocycles. The van der Waals surface area contributed by atoms with Crippen molar-refractivity contribution >= 4 is 17.5 Å². The van der Waals surface area contributed by atoms with E-state index in [2.05, 4.69) is 0 Å². The van der Waals surface area contributed by atoms with Gasteiger partial charge in [-0.3, -0.25) is 4.79 Å². The highest BCUT2D eigenvalue weighted by atomic mass is 35.5. The molecule has 1 atom stereocenters. The highest BCUT2D eigenvalue weighted by Crippen LogP contribution is 2.45. The highest BCUT2D eigenvalue weighted by molar-refractivity contribution is 6.30. The van der Waals surface area contributed by atoms with E-state index in [0.717, 1.165) is 36.1 Å². The van der Waals surface area contributed by atoms with Crippen molar-refractivity contribution in [2.45, 2.75) is 18.4 Å². The minimum absolute atomic E-state index is 0.134. The lowest BCUT2D eigenvalue weighted by Crippen LogP contribution is -2.46. The van der Waals surface area contributed by atoms with Crippen molar-refractivity contribution in [3.8, 4) is 0 Å². The van der Waals surface area contributed by atoms with Crippen molar-refractivity contribution < 1.29 is 13.6 Å². The fraction of sp³-hybridized carbons (Fsp3) is 0.174. The van der Waals surface area contributed by atoms with E-state index < -0.39 is 17.2 Å². The third-order valence-electron chi connectivity index (χ3n) is 5.37. The van der Waals surface area contributed by atoms with E-state index in [4.69, 9.17) is 11.6 Å². The average molecular weight is 398 g/mol. The molecular formula is C23H18ClF2NO. The van der Waals surface area contributed by atoms with Crippen LogP contribution >= 0.6 is 11.6 Å². The molecule has 2 nitrogen and oxygen atoms in total. The Labute approximate surface area is 167 Å². The molecule has 1 aliphatic rings. The van der Waals surface area contributed by atoms with Gasteiger partial charge in [-0.05, 0) is 54.3 Å². The lowest BCUT2D eigenvalue weighted by Gasteiger charge is -2.40. The first-order valence-electron chi connectivity index (χ1n) is 9.11. The molecule has 28 heavy (non-hydrogen) atoms. The Morgan fingerprint density at radius 3 is 2.25 bits per heavy atom. The molecular weight excluding hydrogens is 380 g/mol. The second-order valence-electron chi connectivity index (χ2n) is 6.92. The van der Waals surface area contributed by atoms with Crippen molar-refractivity contribution in [1.29, 1.82) is 0 Å². The van der Waals surface area contributed by atoms with Gasteiger partial charge in [0.05, 0.1) is 5.54 Å². The van der Waals surface area contributed by atoms with Crippen LogP contribution in [-0.4, -0.2) is 17.4 Å². The summed E-state index contributed by atoms with van der Waals surface area (Å²) in [6, 6.07) is 20.5. The number of likely N-dealkylation sites (tertiary alicyclic amines) is 1. The van der Waals surface area contributed by atoms with Gasteiger partial charge >= 0.3 is 0 Å². The second kappa shape index (κ2) is 7.36. The smallest absolute Gasteiger partial charge is 0.254 e. The lowest BCUT2D eigenvalue weighted by molar-refractivity contribution is 0.0650. The third kappa shape index (κ3) is 3.08. The molecule has 0 aromatic heterocycles. The highest BCUT2D eigenvalue weighted by Gasteiger charge is 2.46. The molecule has 0 radical (unpaired) electrons. The topological polar surface area (TPSA) is 20.3 Å². The van der Waals surface area contributed by atoms with E-state index in [1.54, 1.807) is 17.0 Å². The molecule has 5 heteroatoms. The Hall–Kier alpha value is -2.72. The van der Waals surface area contributed by atoms with Crippen LogP contribution in [-0.2, 0) is 5.54 Å². The van der Waals surface area contributed by atoms with Crippen molar-refractivity contribution in [3.63, 3.8) is 0 Å². The molecule has 3 aromatic carbocycles. The van der Waals surface area contributed by atoms with Crippen LogP contribution in [0.4, 0.5) is 8.78 Å². The van der Waals surface area contributed by atoms with E-state index in [-0.39, 0.29) is 11.5 Å². The number of halogens is 3. The molecule has 3 aromatic rings. The average Bonchev–Trinajstić information content (AvgIpc) is 3.16. The number of benzene rings is 3. The Balaban J connectivity index is 1.86. The molecule has 4 rings (SSSR count). The third-order valence-corrected chi connectivity index (χ3v) is 5.62. The predicted octanol–water partition coefficient (Wildman–Crippen LogP) is 5.80. The molecule has 1 fully saturated rings. The number of carbonyl (C=O) groups excluding carboxylic acids is 1. The second-order valence-corrected chi connectivity index (χ2v) is 7.36. The first-order valence-corrected chi connectivity index (χ1v) is 9.49. The standard InChI is InChI=1S/C23H18ClF2NO/c24-19-10-8-18(9-11-19)23(17-5-2-1-3-6-17)13-4-14-27(23)22(28)16-7-12-20(25)21(26)15-16/h1-3,5-12,15H,4,13-14H2. The van der Waals surface area contributed by atoms with Gasteiger partial charge in [0.25, 0.3) is 5.91 Å². The van der Waals surface area contributed by atoms with Crippen LogP contribution in [0.25, 0.3) is 0 Å². The van der Waals surface area contributed by atoms with Gasteiger partial charge in [-0.1, -0.05) is 54.1 Å². The molecule has 1 saturated heterocycles. The van der Waals surface area contributed by atoms with Crippen LogP contribution in [0.1, 0.15) is 34.3 Å². The maximum atomic E-state index is 13.7. The monoisotopic (exact) mass is 397 g/mol. The number of nitrogens with zero attached hydrogens (tertiary/aromatic N) is 1. The summed E-state index contributed by atoms with van der Waals surface area (Å²) in [5, 5.41) is 0.614. The van der Waals surface area contributed by atoms with Gasteiger partial charge in [0, 0.05) is 17.1 Å². The summed E-state index contributed by atoms with van der Waals surface area (Å²) in [5.41, 5.74) is 1.37. The van der Waals surface area contributed by atoms with E-state index in [1.807, 2.05) is 42.5 Å². The Bertz CT molecular complexity index is 1010. The summed E-state index contributed by atoms with van der Waals surface area (Å²) in [7, 11) is 0. The van der Waals surface area contributed by atoms with Gasteiger partial charge in [-0.25, -0.2) is 8.78 Å². The molecule has 0 bridgehead atoms. The molecule has 0 spiro atoms. The van der Waals surface area contributed by atoms with Crippen molar-refractivity contribution in [2.75, 3.05) is 6.54 Å². The number of amides is 1. The molecule has 0 N–H and O–H groups in total. The minimum atomic E-state index is -1.03. The van der Waals surface area contributed by atoms with E-state index in [1.165, 1.54) is 6.07 Å². The normalized spacial score (nSPS) is 19.0. The Morgan fingerprint density at radius 1 is 0.893 bits per heavy atom. The molecule has 0 saturated carbocycles. The van der Waals surface area contributed by atoms with Crippen LogP contribution in [0.5, 0.6) is 0 Å². The molecule has 1 aliphatic heterocycles. The van der Waals surface area contributed by atoms with E-state index >= 15 is 0 Å². The van der Waals surface area contributed by atoms with Crippen LogP contribution < -0.4 is 0 Å². The van der Waals surface area contributed by atoms with E-state index in [0.29, 0.717) is 11.6 Å². The zero-order valence-corrected chi connectivity index (χ0v) is 15.8. The number of hydrogen-bond acceptors (Lipinski definition) is 1. The first-order chi connectivity index (χ1) is 13.5. The largest absolute Gasteiger partial charge is 0.325 e. The number of carbonyl (C=O) groups is 1. The van der Waals surface area contributed by atoms with Crippen molar-refractivity contribution in [1.82, 2.24) is 4.90 Å². The lowest BCUT2D eigenvalue weighted by atomic mass is 9.80. The molecule has 1 unspecified atom stereocenters. The fourth-order valence-electron chi connectivity index (χ4n) is 4.09. The van der Waals surface area contributed by atoms with Gasteiger partial charge in [0.1, 0.15) is 0 Å². The van der Waals surface area contributed by atoms with Crippen LogP contribution in [0.2, 0.25) is 5.02 Å². The maximum Gasteiger partial charge on any atom is 0.254 e. The number of hydrogen-bond donors (Lipinski definition) is 0. The predicted molar refractivity (Wildman–Crippen MR) is 105 cm³/mol. The summed E-state index contributed by atoms with van der Waals surface area (Å²) in [6.07, 6.45) is 1.53. The zero-order chi connectivity index (χ0) is 19.7. The molecule has 1 amide bonds. The molecule has 142 valence electrons. The van der Waals surface area contributed by atoms with Gasteiger partial charge in [0.2, 0.25) is 0 Å². The van der Waals surface area contributed by atoms with Crippen LogP contribution in [0, 0.1) is 11.6 Å². The van der Waals surface area contributed by atoms with Crippen LogP contribution in [0.3, 0.4) is 0 Å². The van der Waals surface area contributed by atoms with Gasteiger partial charge in [-0.2, -0.15) is 0 Å². The summed E-state index contributed by atoms with van der Waals surface area (Å²) in [4.78, 5) is 15.1. The van der Waals surface area contributed by atoms with Gasteiger partial charge in [0.15, 0.2) is 11.6 Å². The molecule has 1 heterocycles. The number of rotatable bonds is 3. The zero-order valence-electron chi connectivity index (χ0n) is 15.0. The Morgan fingerprint density at radius 2 is 1.57 bits per heavy atom. The Kier molecular flexibility index (Phi) is 4.90. The first kappa shape index (κ1) is 18.6. The van der Waals surface area contributed by atoms with Gasteiger partial charge in [-0.15, -0.1) is 0 Å². The summed E-state index contributed by atoms with van der Waals surface area (Å²) >= 11 is 6.08. The summed E-state index contributed by atoms with van der Waals surface area (Å²) < 4.78 is 27.1. The minimum Gasteiger partial charge on any atom is -0.325 e. The quantitative estimate of drug-likeness (QED) is 0.547. The summed E-state index contributed by atoms with van der Waals surface area (Å²) in [6.45, 7) is 0.523. The SMILES string of the molecule is O=C(c1ccc(F)c(F)c1)N1CCCC1(c1ccccc1)c1ccc(Cl)cc1. The summed E-state index contributed by atoms with van der Waals surface area (Å²) in [5.74, 6) is -2.32. The van der Waals surface area contributed by atoms with Crippen LogP contribution in [0.15, 0.2) is 72.8 Å². The van der Waals surface area contributed by atoms with Crippen molar-refractivity contribution in [3.05, 3.63) is 106 Å². The fourth-order valence-corrected chi connectivity index (χ4v) is 4.21. The maximum absolute atomic E-state index is 13.7. The van der Waals surface area contributed by atoms with Crippen molar-refractivity contribution in [2.24, 2.45) is 0 Å². The van der Waals surface area contributed by atoms with E-state index in [9.17, 15) is 13.6 Å².